The molecule has 1 heteroatoms. The molecule has 0 aliphatic carbocycles. The van der Waals surface area contributed by atoms with Crippen LogP contribution in [-0.4, -0.2) is 13.1 Å². The highest BCUT2D eigenvalue weighted by atomic mass is 15.1. The molecule has 0 radical (unpaired) electrons. The van der Waals surface area contributed by atoms with Crippen molar-refractivity contribution in [2.45, 2.75) is 55.4 Å². The molecule has 3 rings (SSSR count). The van der Waals surface area contributed by atoms with E-state index >= 15 is 0 Å². The maximum absolute atomic E-state index is 2.43. The fraction of sp³-hybridized carbons (Fsp3) is 0.357. The molecular formula is C28H41N. The van der Waals surface area contributed by atoms with Gasteiger partial charge in [0, 0.05) is 24.3 Å². The number of rotatable bonds is 5. The third kappa shape index (κ3) is 7.77. The van der Waals surface area contributed by atoms with Gasteiger partial charge in [-0.15, -0.1) is 0 Å². The molecule has 1 nitrogen and oxygen atoms in total. The lowest BCUT2D eigenvalue weighted by Crippen LogP contribution is -2.22. The van der Waals surface area contributed by atoms with Crippen molar-refractivity contribution in [2.24, 2.45) is 0 Å². The van der Waals surface area contributed by atoms with Gasteiger partial charge in [-0.25, -0.2) is 0 Å². The van der Waals surface area contributed by atoms with Gasteiger partial charge in [0.1, 0.15) is 0 Å². The second-order valence-corrected chi connectivity index (χ2v) is 5.64. The van der Waals surface area contributed by atoms with E-state index in [9.17, 15) is 0 Å². The molecule has 0 amide bonds. The second-order valence-electron chi connectivity index (χ2n) is 5.64. The summed E-state index contributed by atoms with van der Waals surface area (Å²) in [5.41, 5.74) is 6.42. The summed E-state index contributed by atoms with van der Waals surface area (Å²) in [4.78, 5) is 2.43. The molecule has 0 N–H and O–H groups in total. The predicted octanol–water partition coefficient (Wildman–Crippen LogP) is 8.95. The van der Waals surface area contributed by atoms with Crippen LogP contribution in [-0.2, 0) is 0 Å². The predicted molar refractivity (Wildman–Crippen MR) is 135 cm³/mol. The smallest absolute Gasteiger partial charge is 0.0451 e. The summed E-state index contributed by atoms with van der Waals surface area (Å²) in [6.45, 7) is 18.4. The number of hydrogen-bond acceptors (Lipinski definition) is 1. The Morgan fingerprint density at radius 2 is 0.966 bits per heavy atom. The number of benzene rings is 3. The summed E-state index contributed by atoms with van der Waals surface area (Å²) in [5.74, 6) is 0. The molecule has 0 saturated carbocycles. The molecule has 3 aromatic rings. The van der Waals surface area contributed by atoms with Crippen molar-refractivity contribution in [1.29, 1.82) is 0 Å². The monoisotopic (exact) mass is 391 g/mol. The first-order valence-corrected chi connectivity index (χ1v) is 11.3. The molecule has 0 unspecified atom stereocenters. The van der Waals surface area contributed by atoms with E-state index in [0.29, 0.717) is 0 Å². The van der Waals surface area contributed by atoms with E-state index in [-0.39, 0.29) is 0 Å². The van der Waals surface area contributed by atoms with Gasteiger partial charge in [0.15, 0.2) is 0 Å². The van der Waals surface area contributed by atoms with Crippen LogP contribution >= 0.6 is 0 Å². The van der Waals surface area contributed by atoms with Crippen LogP contribution < -0.4 is 4.90 Å². The zero-order valence-electron chi connectivity index (χ0n) is 19.9. The SMILES string of the molecule is CC.CC.CC.CCN(CC)c1cc(-c2ccccc2)ccc1-c1ccccc1. The van der Waals surface area contributed by atoms with E-state index in [4.69, 9.17) is 0 Å². The van der Waals surface area contributed by atoms with Gasteiger partial charge >= 0.3 is 0 Å². The lowest BCUT2D eigenvalue weighted by atomic mass is 9.97. The van der Waals surface area contributed by atoms with E-state index in [1.54, 1.807) is 0 Å². The minimum atomic E-state index is 1.01. The van der Waals surface area contributed by atoms with Gasteiger partial charge < -0.3 is 4.90 Å². The molecule has 0 aliphatic rings. The summed E-state index contributed by atoms with van der Waals surface area (Å²) in [6.07, 6.45) is 0. The van der Waals surface area contributed by atoms with Crippen LogP contribution in [0.15, 0.2) is 78.9 Å². The number of anilines is 1. The van der Waals surface area contributed by atoms with Crippen molar-refractivity contribution in [3.8, 4) is 22.3 Å². The van der Waals surface area contributed by atoms with Gasteiger partial charge in [-0.3, -0.25) is 0 Å². The van der Waals surface area contributed by atoms with E-state index in [1.807, 2.05) is 41.5 Å². The van der Waals surface area contributed by atoms with Crippen LogP contribution in [0.25, 0.3) is 22.3 Å². The Kier molecular flexibility index (Phi) is 15.0. The van der Waals surface area contributed by atoms with Crippen LogP contribution in [0.2, 0.25) is 0 Å². The van der Waals surface area contributed by atoms with Crippen LogP contribution in [0.4, 0.5) is 5.69 Å². The fourth-order valence-electron chi connectivity index (χ4n) is 3.03. The molecule has 0 heterocycles. The standard InChI is InChI=1S/C22H23N.3C2H6/c1-3-23(4-2)22-17-20(18-11-7-5-8-12-18)15-16-21(22)19-13-9-6-10-14-19;3*1-2/h5-17H,3-4H2,1-2H3;3*1-2H3. The van der Waals surface area contributed by atoms with E-state index < -0.39 is 0 Å². The first-order chi connectivity index (χ1) is 14.3. The quantitative estimate of drug-likeness (QED) is 0.419. The Hall–Kier alpha value is -2.54. The van der Waals surface area contributed by atoms with E-state index in [2.05, 4.69) is 97.6 Å². The molecule has 0 spiro atoms. The van der Waals surface area contributed by atoms with E-state index in [0.717, 1.165) is 13.1 Å². The van der Waals surface area contributed by atoms with Crippen molar-refractivity contribution in [2.75, 3.05) is 18.0 Å². The average Bonchev–Trinajstić information content (AvgIpc) is 2.85. The lowest BCUT2D eigenvalue weighted by molar-refractivity contribution is 0.867. The topological polar surface area (TPSA) is 3.24 Å². The van der Waals surface area contributed by atoms with Crippen LogP contribution in [0.5, 0.6) is 0 Å². The Morgan fingerprint density at radius 1 is 0.517 bits per heavy atom. The summed E-state index contributed by atoms with van der Waals surface area (Å²) < 4.78 is 0. The van der Waals surface area contributed by atoms with Gasteiger partial charge in [0.2, 0.25) is 0 Å². The van der Waals surface area contributed by atoms with Gasteiger partial charge in [0.05, 0.1) is 0 Å². The van der Waals surface area contributed by atoms with Crippen molar-refractivity contribution in [1.82, 2.24) is 0 Å². The highest BCUT2D eigenvalue weighted by molar-refractivity contribution is 5.83. The molecular weight excluding hydrogens is 350 g/mol. The third-order valence-corrected chi connectivity index (χ3v) is 4.29. The zero-order valence-corrected chi connectivity index (χ0v) is 19.9. The van der Waals surface area contributed by atoms with Gasteiger partial charge in [-0.1, -0.05) is 114 Å². The first kappa shape index (κ1) is 26.5. The van der Waals surface area contributed by atoms with Crippen molar-refractivity contribution >= 4 is 5.69 Å². The highest BCUT2D eigenvalue weighted by Gasteiger charge is 2.11. The molecule has 29 heavy (non-hydrogen) atoms. The highest BCUT2D eigenvalue weighted by Crippen LogP contribution is 2.34. The van der Waals surface area contributed by atoms with Crippen molar-refractivity contribution < 1.29 is 0 Å². The molecule has 0 aliphatic heterocycles. The van der Waals surface area contributed by atoms with Crippen molar-refractivity contribution in [3.63, 3.8) is 0 Å². The van der Waals surface area contributed by atoms with Gasteiger partial charge in [0.25, 0.3) is 0 Å². The molecule has 0 saturated heterocycles. The Balaban J connectivity index is 0.00000120. The molecule has 0 bridgehead atoms. The summed E-state index contributed by atoms with van der Waals surface area (Å²) in [6, 6.07) is 28.0. The lowest BCUT2D eigenvalue weighted by Gasteiger charge is -2.25. The molecule has 0 atom stereocenters. The van der Waals surface area contributed by atoms with Gasteiger partial charge in [-0.2, -0.15) is 0 Å². The normalized spacial score (nSPS) is 8.97. The zero-order chi connectivity index (χ0) is 22.1. The second kappa shape index (κ2) is 16.4. The van der Waals surface area contributed by atoms with Crippen LogP contribution in [0.1, 0.15) is 55.4 Å². The molecule has 0 fully saturated rings. The number of hydrogen-bond donors (Lipinski definition) is 0. The molecule has 3 aromatic carbocycles. The minimum absolute atomic E-state index is 1.01. The number of nitrogens with zero attached hydrogens (tertiary/aromatic N) is 1. The molecule has 158 valence electrons. The van der Waals surface area contributed by atoms with Crippen LogP contribution in [0, 0.1) is 0 Å². The third-order valence-electron chi connectivity index (χ3n) is 4.29. The Labute approximate surface area is 180 Å². The summed E-state index contributed by atoms with van der Waals surface area (Å²) >= 11 is 0. The van der Waals surface area contributed by atoms with E-state index in [1.165, 1.54) is 27.9 Å². The Bertz CT molecular complexity index is 744. The fourth-order valence-corrected chi connectivity index (χ4v) is 3.03. The van der Waals surface area contributed by atoms with Crippen LogP contribution in [0.3, 0.4) is 0 Å². The molecule has 0 aromatic heterocycles. The average molecular weight is 392 g/mol. The largest absolute Gasteiger partial charge is 0.372 e. The minimum Gasteiger partial charge on any atom is -0.372 e. The maximum atomic E-state index is 2.43. The maximum Gasteiger partial charge on any atom is 0.0451 e. The van der Waals surface area contributed by atoms with Crippen molar-refractivity contribution in [3.05, 3.63) is 78.9 Å². The Morgan fingerprint density at radius 3 is 1.41 bits per heavy atom. The summed E-state index contributed by atoms with van der Waals surface area (Å²) in [5, 5.41) is 0. The first-order valence-electron chi connectivity index (χ1n) is 11.3. The van der Waals surface area contributed by atoms with Gasteiger partial charge in [-0.05, 0) is 36.6 Å². The summed E-state index contributed by atoms with van der Waals surface area (Å²) in [7, 11) is 0.